The molecule has 0 unspecified atom stereocenters. The minimum absolute atomic E-state index is 0.0749. The summed E-state index contributed by atoms with van der Waals surface area (Å²) < 4.78 is 45.1. The Kier molecular flexibility index (Phi) is 5.64. The quantitative estimate of drug-likeness (QED) is 0.821. The van der Waals surface area contributed by atoms with Gasteiger partial charge >= 0.3 is 6.18 Å². The molecule has 6 heteroatoms. The molecule has 1 aromatic rings. The van der Waals surface area contributed by atoms with E-state index in [0.717, 1.165) is 6.07 Å². The summed E-state index contributed by atoms with van der Waals surface area (Å²) in [5.41, 5.74) is -0.657. The van der Waals surface area contributed by atoms with E-state index in [2.05, 4.69) is 5.32 Å². The Morgan fingerprint density at radius 1 is 1.14 bits per heavy atom. The van der Waals surface area contributed by atoms with E-state index < -0.39 is 17.2 Å². The molecule has 0 saturated carbocycles. The molecule has 0 aromatic heterocycles. The topological polar surface area (TPSA) is 41.5 Å². The van der Waals surface area contributed by atoms with Crippen LogP contribution in [0.25, 0.3) is 0 Å². The molecule has 0 aliphatic rings. The van der Waals surface area contributed by atoms with Crippen LogP contribution in [0.1, 0.15) is 37.5 Å². The van der Waals surface area contributed by atoms with Crippen LogP contribution in [0.2, 0.25) is 0 Å². The Hall–Kier alpha value is -1.27. The first kappa shape index (κ1) is 17.8. The van der Waals surface area contributed by atoms with E-state index in [-0.39, 0.29) is 18.7 Å². The van der Waals surface area contributed by atoms with E-state index in [4.69, 9.17) is 9.84 Å². The number of ether oxygens (including phenoxy) is 1. The highest BCUT2D eigenvalue weighted by molar-refractivity contribution is 5.46. The third-order valence-electron chi connectivity index (χ3n) is 3.14. The molecule has 1 rings (SSSR count). The van der Waals surface area contributed by atoms with Gasteiger partial charge in [-0.15, -0.1) is 0 Å². The summed E-state index contributed by atoms with van der Waals surface area (Å²) in [5.74, 6) is 0.415. The van der Waals surface area contributed by atoms with Crippen molar-refractivity contribution in [3.63, 3.8) is 0 Å². The molecule has 0 bridgehead atoms. The lowest BCUT2D eigenvalue weighted by molar-refractivity contribution is -0.138. The Labute approximate surface area is 123 Å². The van der Waals surface area contributed by atoms with Crippen molar-refractivity contribution in [3.05, 3.63) is 28.8 Å². The lowest BCUT2D eigenvalue weighted by Gasteiger charge is -2.26. The molecule has 0 radical (unpaired) electrons. The molecule has 120 valence electrons. The molecule has 0 spiro atoms. The van der Waals surface area contributed by atoms with Crippen molar-refractivity contribution < 1.29 is 23.0 Å². The average molecular weight is 305 g/mol. The predicted molar refractivity (Wildman–Crippen MR) is 75.5 cm³/mol. The van der Waals surface area contributed by atoms with Crippen LogP contribution >= 0.6 is 0 Å². The van der Waals surface area contributed by atoms with E-state index in [9.17, 15) is 13.2 Å². The third-order valence-corrected chi connectivity index (χ3v) is 3.14. The van der Waals surface area contributed by atoms with Crippen LogP contribution in [0, 0.1) is 0 Å². The zero-order valence-corrected chi connectivity index (χ0v) is 12.8. The van der Waals surface area contributed by atoms with Gasteiger partial charge in [0.25, 0.3) is 0 Å². The second-order valence-corrected chi connectivity index (χ2v) is 5.86. The first-order chi connectivity index (χ1) is 9.61. The molecular weight excluding hydrogens is 283 g/mol. The summed E-state index contributed by atoms with van der Waals surface area (Å²) in [6, 6.07) is 2.59. The molecule has 2 N–H and O–H groups in total. The molecule has 0 amide bonds. The minimum Gasteiger partial charge on any atom is -0.496 e. The summed E-state index contributed by atoms with van der Waals surface area (Å²) in [6.45, 7) is 5.65. The van der Waals surface area contributed by atoms with Crippen LogP contribution in [-0.2, 0) is 18.1 Å². The Morgan fingerprint density at radius 3 is 2.19 bits per heavy atom. The van der Waals surface area contributed by atoms with Crippen molar-refractivity contribution in [1.29, 1.82) is 0 Å². The first-order valence-electron chi connectivity index (χ1n) is 6.71. The maximum Gasteiger partial charge on any atom is 0.416 e. The molecule has 0 fully saturated rings. The SMILES string of the molecule is COc1cc(C(C)(C)C)c(C(F)(F)F)cc1CNCCO. The highest BCUT2D eigenvalue weighted by Crippen LogP contribution is 2.40. The number of alkyl halides is 3. The first-order valence-corrected chi connectivity index (χ1v) is 6.71. The van der Waals surface area contributed by atoms with Gasteiger partial charge in [0.15, 0.2) is 0 Å². The monoisotopic (exact) mass is 305 g/mol. The number of rotatable bonds is 5. The Balaban J connectivity index is 3.35. The smallest absolute Gasteiger partial charge is 0.416 e. The van der Waals surface area contributed by atoms with Gasteiger partial charge in [0.1, 0.15) is 5.75 Å². The number of methoxy groups -OCH3 is 1. The van der Waals surface area contributed by atoms with Crippen LogP contribution in [0.4, 0.5) is 13.2 Å². The maximum atomic E-state index is 13.3. The maximum absolute atomic E-state index is 13.3. The van der Waals surface area contributed by atoms with Gasteiger partial charge in [-0.2, -0.15) is 13.2 Å². The van der Waals surface area contributed by atoms with Gasteiger partial charge < -0.3 is 15.2 Å². The van der Waals surface area contributed by atoms with E-state index in [1.54, 1.807) is 20.8 Å². The zero-order chi connectivity index (χ0) is 16.3. The van der Waals surface area contributed by atoms with E-state index >= 15 is 0 Å². The molecule has 0 heterocycles. The number of aliphatic hydroxyl groups is 1. The molecule has 0 saturated heterocycles. The van der Waals surface area contributed by atoms with E-state index in [1.165, 1.54) is 13.2 Å². The summed E-state index contributed by atoms with van der Waals surface area (Å²) in [5, 5.41) is 11.6. The molecule has 21 heavy (non-hydrogen) atoms. The van der Waals surface area contributed by atoms with Crippen LogP contribution in [0.3, 0.4) is 0 Å². The summed E-state index contributed by atoms with van der Waals surface area (Å²) in [7, 11) is 1.44. The average Bonchev–Trinajstić information content (AvgIpc) is 2.36. The van der Waals surface area contributed by atoms with Crippen LogP contribution < -0.4 is 10.1 Å². The van der Waals surface area contributed by atoms with Gasteiger partial charge in [0.2, 0.25) is 0 Å². The fraction of sp³-hybridized carbons (Fsp3) is 0.600. The van der Waals surface area contributed by atoms with Crippen LogP contribution in [-0.4, -0.2) is 25.4 Å². The van der Waals surface area contributed by atoms with Gasteiger partial charge in [0.05, 0.1) is 19.3 Å². The number of hydrogen-bond acceptors (Lipinski definition) is 3. The number of nitrogens with one attached hydrogen (secondary N) is 1. The standard InChI is InChI=1S/C15H22F3NO2/c1-14(2,3)11-8-13(21-4)10(9-19-5-6-20)7-12(11)15(16,17)18/h7-8,19-20H,5-6,9H2,1-4H3. The number of halogens is 3. The molecule has 0 aliphatic heterocycles. The van der Waals surface area contributed by atoms with Crippen molar-refractivity contribution in [3.8, 4) is 5.75 Å². The lowest BCUT2D eigenvalue weighted by atomic mass is 9.82. The lowest BCUT2D eigenvalue weighted by Crippen LogP contribution is -2.22. The van der Waals surface area contributed by atoms with Crippen molar-refractivity contribution in [1.82, 2.24) is 5.32 Å². The van der Waals surface area contributed by atoms with Crippen LogP contribution in [0.15, 0.2) is 12.1 Å². The summed E-state index contributed by atoms with van der Waals surface area (Å²) in [4.78, 5) is 0. The van der Waals surface area contributed by atoms with Crippen molar-refractivity contribution in [2.24, 2.45) is 0 Å². The largest absolute Gasteiger partial charge is 0.496 e. The van der Waals surface area contributed by atoms with E-state index in [1.807, 2.05) is 0 Å². The molecular formula is C15H22F3NO2. The Bertz CT molecular complexity index is 479. The Morgan fingerprint density at radius 2 is 1.76 bits per heavy atom. The number of aliphatic hydroxyl groups excluding tert-OH is 1. The molecule has 1 aromatic carbocycles. The second kappa shape index (κ2) is 6.66. The normalized spacial score (nSPS) is 12.6. The summed E-state index contributed by atoms with van der Waals surface area (Å²) in [6.07, 6.45) is -4.42. The van der Waals surface area contributed by atoms with Gasteiger partial charge in [-0.1, -0.05) is 20.8 Å². The van der Waals surface area contributed by atoms with Gasteiger partial charge in [-0.25, -0.2) is 0 Å². The van der Waals surface area contributed by atoms with E-state index in [0.29, 0.717) is 17.9 Å². The number of hydrogen-bond donors (Lipinski definition) is 2. The molecule has 0 atom stereocenters. The zero-order valence-electron chi connectivity index (χ0n) is 12.8. The van der Waals surface area contributed by atoms with Crippen molar-refractivity contribution in [2.75, 3.05) is 20.3 Å². The highest BCUT2D eigenvalue weighted by Gasteiger charge is 2.37. The summed E-state index contributed by atoms with van der Waals surface area (Å²) >= 11 is 0. The van der Waals surface area contributed by atoms with Gasteiger partial charge in [-0.3, -0.25) is 0 Å². The third kappa shape index (κ3) is 4.61. The molecule has 0 aliphatic carbocycles. The minimum atomic E-state index is -4.42. The van der Waals surface area contributed by atoms with Crippen molar-refractivity contribution in [2.45, 2.75) is 38.9 Å². The predicted octanol–water partition coefficient (Wildman–Crippen LogP) is 3.09. The fourth-order valence-electron chi connectivity index (χ4n) is 2.11. The fourth-order valence-corrected chi connectivity index (χ4v) is 2.11. The van der Waals surface area contributed by atoms with Gasteiger partial charge in [-0.05, 0) is 23.1 Å². The molecule has 3 nitrogen and oxygen atoms in total. The second-order valence-electron chi connectivity index (χ2n) is 5.86. The highest BCUT2D eigenvalue weighted by atomic mass is 19.4. The number of benzene rings is 1. The van der Waals surface area contributed by atoms with Crippen molar-refractivity contribution >= 4 is 0 Å². The van der Waals surface area contributed by atoms with Gasteiger partial charge in [0, 0.05) is 18.7 Å². The van der Waals surface area contributed by atoms with Crippen LogP contribution in [0.5, 0.6) is 5.75 Å².